The van der Waals surface area contributed by atoms with E-state index in [9.17, 15) is 19.5 Å². The van der Waals surface area contributed by atoms with Crippen LogP contribution in [0.3, 0.4) is 0 Å². The molecule has 3 aliphatic rings. The van der Waals surface area contributed by atoms with Crippen molar-refractivity contribution in [3.63, 3.8) is 0 Å². The molecule has 0 saturated carbocycles. The summed E-state index contributed by atoms with van der Waals surface area (Å²) < 4.78 is 5.31. The Morgan fingerprint density at radius 1 is 1.04 bits per heavy atom. The van der Waals surface area contributed by atoms with Gasteiger partial charge < -0.3 is 15.6 Å². The largest absolute Gasteiger partial charge is 0.508 e. The maximum atomic E-state index is 13.3. The molecule has 0 spiro atoms. The minimum Gasteiger partial charge on any atom is -0.508 e. The Morgan fingerprint density at radius 3 is 2.54 bits per heavy atom. The quantitative estimate of drug-likeness (QED) is 0.432. The Hall–Kier alpha value is -3.26. The van der Waals surface area contributed by atoms with E-state index in [1.807, 2.05) is 0 Å². The van der Waals surface area contributed by atoms with Crippen LogP contribution in [-0.4, -0.2) is 28.1 Å². The Bertz CT molecular complexity index is 1080. The number of esters is 1. The van der Waals surface area contributed by atoms with Crippen molar-refractivity contribution in [2.75, 3.05) is 4.90 Å². The van der Waals surface area contributed by atoms with Crippen molar-refractivity contribution in [3.8, 4) is 11.5 Å². The lowest BCUT2D eigenvalue weighted by molar-refractivity contribution is -0.131. The van der Waals surface area contributed by atoms with Crippen LogP contribution in [0, 0.1) is 5.92 Å². The number of benzene rings is 2. The lowest BCUT2D eigenvalue weighted by Crippen LogP contribution is -2.39. The van der Waals surface area contributed by atoms with Gasteiger partial charge in [0.25, 0.3) is 0 Å². The molecule has 2 aromatic rings. The number of phenols is 1. The van der Waals surface area contributed by atoms with Crippen LogP contribution in [-0.2, 0) is 14.4 Å². The number of nitrogens with two attached hydrogens (primary N) is 1. The fraction of sp³-hybridized carbons (Fsp3) is 0.150. The number of hydrogen-bond donors (Lipinski definition) is 2. The number of anilines is 1. The number of rotatable bonds is 1. The number of carbonyl (C=O) groups excluding carboxylic acids is 3. The van der Waals surface area contributed by atoms with Gasteiger partial charge in [-0.25, -0.2) is 9.69 Å². The first-order valence-electron chi connectivity index (χ1n) is 8.61. The van der Waals surface area contributed by atoms with Gasteiger partial charge in [-0.3, -0.25) is 9.59 Å². The molecule has 2 aromatic carbocycles. The first-order valence-corrected chi connectivity index (χ1v) is 9.49. The predicted octanol–water partition coefficient (Wildman–Crippen LogP) is 1.87. The number of imide groups is 1. The summed E-state index contributed by atoms with van der Waals surface area (Å²) in [5, 5.41) is 9.19. The lowest BCUT2D eigenvalue weighted by atomic mass is 9.77. The smallest absolute Gasteiger partial charge is 0.342 e. The Balaban J connectivity index is 1.68. The molecule has 1 saturated heterocycles. The van der Waals surface area contributed by atoms with E-state index in [0.717, 1.165) is 11.8 Å². The number of hydrogen-bond acceptors (Lipinski definition) is 7. The fourth-order valence-electron chi connectivity index (χ4n) is 4.07. The van der Waals surface area contributed by atoms with Crippen molar-refractivity contribution in [2.24, 2.45) is 11.7 Å². The van der Waals surface area contributed by atoms with E-state index in [2.05, 4.69) is 0 Å². The number of phenolic OH excluding ortho intramolecular Hbond substituents is 1. The summed E-state index contributed by atoms with van der Waals surface area (Å²) in [6.45, 7) is 0. The van der Waals surface area contributed by atoms with E-state index >= 15 is 0 Å². The highest BCUT2D eigenvalue weighted by Gasteiger charge is 2.58. The number of thioether (sulfide) groups is 1. The van der Waals surface area contributed by atoms with Gasteiger partial charge in [-0.05, 0) is 18.2 Å². The van der Waals surface area contributed by atoms with Crippen LogP contribution in [0.1, 0.15) is 11.5 Å². The summed E-state index contributed by atoms with van der Waals surface area (Å²) in [6, 6.07) is 13.1. The topological polar surface area (TPSA) is 110 Å². The van der Waals surface area contributed by atoms with Gasteiger partial charge in [0.1, 0.15) is 16.7 Å². The highest BCUT2D eigenvalue weighted by atomic mass is 32.2. The molecule has 7 nitrogen and oxygen atoms in total. The predicted molar refractivity (Wildman–Crippen MR) is 102 cm³/mol. The molecule has 3 aliphatic heterocycles. The first-order chi connectivity index (χ1) is 13.5. The summed E-state index contributed by atoms with van der Waals surface area (Å²) in [4.78, 5) is 40.1. The van der Waals surface area contributed by atoms with Crippen molar-refractivity contribution in [3.05, 3.63) is 64.7 Å². The summed E-state index contributed by atoms with van der Waals surface area (Å²) in [5.74, 6) is -2.76. The number of amides is 2. The van der Waals surface area contributed by atoms with Crippen molar-refractivity contribution in [1.29, 1.82) is 0 Å². The molecule has 8 heteroatoms. The molecule has 0 bridgehead atoms. The van der Waals surface area contributed by atoms with Crippen LogP contribution in [0.25, 0.3) is 0 Å². The molecule has 3 heterocycles. The van der Waals surface area contributed by atoms with Crippen molar-refractivity contribution in [2.45, 2.75) is 11.2 Å². The molecule has 28 heavy (non-hydrogen) atoms. The highest BCUT2D eigenvalue weighted by molar-refractivity contribution is 8.04. The molecule has 140 valence electrons. The highest BCUT2D eigenvalue weighted by Crippen LogP contribution is 2.54. The average molecular weight is 394 g/mol. The summed E-state index contributed by atoms with van der Waals surface area (Å²) in [6.07, 6.45) is 0. The van der Waals surface area contributed by atoms with E-state index in [-0.39, 0.29) is 33.9 Å². The Labute approximate surface area is 163 Å². The molecule has 3 atom stereocenters. The van der Waals surface area contributed by atoms with E-state index in [1.54, 1.807) is 36.4 Å². The van der Waals surface area contributed by atoms with Crippen LogP contribution in [0.4, 0.5) is 5.69 Å². The second kappa shape index (κ2) is 5.87. The number of aromatic hydroxyl groups is 1. The Kier molecular flexibility index (Phi) is 3.54. The molecule has 2 amide bonds. The maximum absolute atomic E-state index is 13.3. The van der Waals surface area contributed by atoms with Gasteiger partial charge in [0.2, 0.25) is 11.8 Å². The second-order valence-corrected chi connectivity index (χ2v) is 7.96. The van der Waals surface area contributed by atoms with Gasteiger partial charge in [0.05, 0.1) is 22.2 Å². The first kappa shape index (κ1) is 16.9. The molecular formula is C20H14N2O5S. The third-order valence-corrected chi connectivity index (χ3v) is 6.48. The van der Waals surface area contributed by atoms with E-state index in [4.69, 9.17) is 10.5 Å². The third kappa shape index (κ3) is 2.21. The normalized spacial score (nSPS) is 25.9. The van der Waals surface area contributed by atoms with E-state index in [0.29, 0.717) is 11.3 Å². The molecule has 5 rings (SSSR count). The van der Waals surface area contributed by atoms with Crippen molar-refractivity contribution < 1.29 is 24.2 Å². The van der Waals surface area contributed by atoms with Crippen molar-refractivity contribution in [1.82, 2.24) is 0 Å². The Morgan fingerprint density at radius 2 is 1.79 bits per heavy atom. The summed E-state index contributed by atoms with van der Waals surface area (Å²) in [5.41, 5.74) is 7.36. The monoisotopic (exact) mass is 394 g/mol. The van der Waals surface area contributed by atoms with Crippen molar-refractivity contribution >= 4 is 35.2 Å². The zero-order valence-corrected chi connectivity index (χ0v) is 15.2. The SMILES string of the molecule is NC1=C2C(=O)Oc3cc(O)ccc3[C@H]2[C@@H]2C(=O)N(c3ccccc3)C(=O)[C@H]2S1. The number of fused-ring (bicyclic) bond motifs is 5. The summed E-state index contributed by atoms with van der Waals surface area (Å²) in [7, 11) is 0. The molecular weight excluding hydrogens is 380 g/mol. The van der Waals surface area contributed by atoms with Gasteiger partial charge in [-0.1, -0.05) is 36.0 Å². The maximum Gasteiger partial charge on any atom is 0.342 e. The molecule has 0 aliphatic carbocycles. The van der Waals surface area contributed by atoms with Crippen LogP contribution in [0.2, 0.25) is 0 Å². The molecule has 0 unspecified atom stereocenters. The van der Waals surface area contributed by atoms with Crippen LogP contribution in [0.15, 0.2) is 59.1 Å². The van der Waals surface area contributed by atoms with Gasteiger partial charge in [0, 0.05) is 17.5 Å². The third-order valence-electron chi connectivity index (χ3n) is 5.25. The summed E-state index contributed by atoms with van der Waals surface area (Å²) >= 11 is 1.03. The number of carbonyl (C=O) groups is 3. The number of para-hydroxylation sites is 1. The van der Waals surface area contributed by atoms with Gasteiger partial charge >= 0.3 is 5.97 Å². The average Bonchev–Trinajstić information content (AvgIpc) is 2.92. The van der Waals surface area contributed by atoms with E-state index in [1.165, 1.54) is 17.0 Å². The molecule has 0 radical (unpaired) electrons. The van der Waals surface area contributed by atoms with Crippen LogP contribution < -0.4 is 15.4 Å². The number of ether oxygens (including phenoxy) is 1. The zero-order valence-electron chi connectivity index (χ0n) is 14.4. The van der Waals surface area contributed by atoms with Gasteiger partial charge in [0.15, 0.2) is 0 Å². The van der Waals surface area contributed by atoms with E-state index < -0.39 is 23.1 Å². The minimum atomic E-state index is -0.781. The van der Waals surface area contributed by atoms with Gasteiger partial charge in [-0.2, -0.15) is 0 Å². The fourth-order valence-corrected chi connectivity index (χ4v) is 5.31. The zero-order chi connectivity index (χ0) is 19.6. The standard InChI is InChI=1S/C20H14N2O5S/c21-17-15-13(11-7-6-10(23)8-12(11)27-20(15)26)14-16(28-17)19(25)22(18(14)24)9-4-2-1-3-5-9/h1-8,13-14,16,23H,21H2/t13-,14-,16-/m0/s1. The number of nitrogens with zero attached hydrogens (tertiary/aromatic N) is 1. The minimum absolute atomic E-state index is 0.0616. The van der Waals surface area contributed by atoms with Gasteiger partial charge in [-0.15, -0.1) is 0 Å². The van der Waals surface area contributed by atoms with Crippen LogP contribution >= 0.6 is 11.8 Å². The lowest BCUT2D eigenvalue weighted by Gasteiger charge is -2.36. The molecule has 0 aromatic heterocycles. The second-order valence-electron chi connectivity index (χ2n) is 6.78. The molecule has 1 fully saturated rings. The molecule has 3 N–H and O–H groups in total. The van der Waals surface area contributed by atoms with Crippen LogP contribution in [0.5, 0.6) is 11.5 Å².